The zero-order valence-corrected chi connectivity index (χ0v) is 24.9. The number of hydrogen-bond acceptors (Lipinski definition) is 4. The number of fused-ring (bicyclic) bond motifs is 1. The standard InChI is InChI=1S/C29H30BrN3O4S2/c1-21-3-11-26(12-4-21)38(34,35)31-19-24-20-32(39(36,37)27-13-5-22(2)6-14-27)17-18-33-28(15-16-29(24)33)23-7-9-25(30)10-8-23/h3-16,24,31H,17-20H2,1-2H3. The molecule has 0 aliphatic carbocycles. The molecule has 3 aromatic carbocycles. The first kappa shape index (κ1) is 27.8. The molecular formula is C29H30BrN3O4S2. The van der Waals surface area contributed by atoms with E-state index in [4.69, 9.17) is 0 Å². The molecule has 39 heavy (non-hydrogen) atoms. The van der Waals surface area contributed by atoms with Crippen LogP contribution in [0.15, 0.2) is 99.2 Å². The number of aryl methyl sites for hydroxylation is 2. The molecule has 1 aromatic heterocycles. The average molecular weight is 629 g/mol. The average Bonchev–Trinajstić information content (AvgIpc) is 3.23. The summed E-state index contributed by atoms with van der Waals surface area (Å²) in [5.74, 6) is -0.405. The highest BCUT2D eigenvalue weighted by Crippen LogP contribution is 2.32. The lowest BCUT2D eigenvalue weighted by Crippen LogP contribution is -2.38. The highest BCUT2D eigenvalue weighted by atomic mass is 79.9. The largest absolute Gasteiger partial charge is 0.343 e. The van der Waals surface area contributed by atoms with E-state index < -0.39 is 26.0 Å². The van der Waals surface area contributed by atoms with Gasteiger partial charge in [-0.15, -0.1) is 0 Å². The minimum absolute atomic E-state index is 0.0555. The number of nitrogens with one attached hydrogen (secondary N) is 1. The zero-order valence-electron chi connectivity index (χ0n) is 21.7. The summed E-state index contributed by atoms with van der Waals surface area (Å²) in [7, 11) is -7.57. The normalized spacial score (nSPS) is 16.5. The van der Waals surface area contributed by atoms with Crippen LogP contribution in [0.25, 0.3) is 11.3 Å². The Kier molecular flexibility index (Phi) is 7.85. The van der Waals surface area contributed by atoms with E-state index in [1.807, 2.05) is 50.2 Å². The molecule has 10 heteroatoms. The molecule has 1 unspecified atom stereocenters. The highest BCUT2D eigenvalue weighted by Gasteiger charge is 2.33. The summed E-state index contributed by atoms with van der Waals surface area (Å²) in [6, 6.07) is 25.4. The van der Waals surface area contributed by atoms with Crippen LogP contribution in [0.5, 0.6) is 0 Å². The number of sulfonamides is 2. The molecule has 1 aliphatic rings. The monoisotopic (exact) mass is 627 g/mol. The van der Waals surface area contributed by atoms with Gasteiger partial charge in [-0.3, -0.25) is 0 Å². The summed E-state index contributed by atoms with van der Waals surface area (Å²) in [6.07, 6.45) is 0. The molecule has 0 saturated heterocycles. The van der Waals surface area contributed by atoms with Gasteiger partial charge in [0.1, 0.15) is 0 Å². The van der Waals surface area contributed by atoms with Crippen LogP contribution in [-0.4, -0.2) is 45.3 Å². The van der Waals surface area contributed by atoms with Crippen molar-refractivity contribution < 1.29 is 16.8 Å². The predicted octanol–water partition coefficient (Wildman–Crippen LogP) is 5.30. The number of rotatable bonds is 7. The van der Waals surface area contributed by atoms with Crippen molar-refractivity contribution in [1.82, 2.24) is 13.6 Å². The lowest BCUT2D eigenvalue weighted by Gasteiger charge is -2.24. The summed E-state index contributed by atoms with van der Waals surface area (Å²) in [4.78, 5) is 0.406. The smallest absolute Gasteiger partial charge is 0.243 e. The van der Waals surface area contributed by atoms with Crippen molar-refractivity contribution in [1.29, 1.82) is 0 Å². The molecule has 0 fully saturated rings. The molecule has 7 nitrogen and oxygen atoms in total. The summed E-state index contributed by atoms with van der Waals surface area (Å²) < 4.78 is 60.9. The van der Waals surface area contributed by atoms with Gasteiger partial charge in [0.15, 0.2) is 0 Å². The van der Waals surface area contributed by atoms with Crippen LogP contribution in [-0.2, 0) is 26.6 Å². The molecule has 1 aliphatic heterocycles. The van der Waals surface area contributed by atoms with E-state index in [9.17, 15) is 16.8 Å². The van der Waals surface area contributed by atoms with Gasteiger partial charge in [-0.25, -0.2) is 21.6 Å². The molecule has 0 bridgehead atoms. The fourth-order valence-electron chi connectivity index (χ4n) is 4.86. The van der Waals surface area contributed by atoms with Crippen LogP contribution in [0, 0.1) is 13.8 Å². The number of nitrogens with zero attached hydrogens (tertiary/aromatic N) is 2. The Morgan fingerprint density at radius 1 is 0.769 bits per heavy atom. The Bertz CT molecular complexity index is 1680. The summed E-state index contributed by atoms with van der Waals surface area (Å²) in [5.41, 5.74) is 4.79. The minimum Gasteiger partial charge on any atom is -0.343 e. The van der Waals surface area contributed by atoms with Crippen LogP contribution in [0.2, 0.25) is 0 Å². The van der Waals surface area contributed by atoms with E-state index in [0.29, 0.717) is 6.54 Å². The molecule has 204 valence electrons. The minimum atomic E-state index is -3.79. The van der Waals surface area contributed by atoms with Crippen molar-refractivity contribution in [3.05, 3.63) is 106 Å². The lowest BCUT2D eigenvalue weighted by atomic mass is 10.1. The maximum absolute atomic E-state index is 13.7. The van der Waals surface area contributed by atoms with Crippen molar-refractivity contribution in [2.75, 3.05) is 19.6 Å². The van der Waals surface area contributed by atoms with Crippen LogP contribution < -0.4 is 4.72 Å². The number of halogens is 1. The van der Waals surface area contributed by atoms with E-state index in [1.54, 1.807) is 48.5 Å². The SMILES string of the molecule is Cc1ccc(S(=O)(=O)NCC2CN(S(=O)(=O)c3ccc(C)cc3)CCn3c(-c4ccc(Br)cc4)ccc32)cc1. The number of benzene rings is 3. The molecule has 5 rings (SSSR count). The van der Waals surface area contributed by atoms with Crippen molar-refractivity contribution in [3.8, 4) is 11.3 Å². The quantitative estimate of drug-likeness (QED) is 0.301. The first-order valence-electron chi connectivity index (χ1n) is 12.6. The predicted molar refractivity (Wildman–Crippen MR) is 157 cm³/mol. The van der Waals surface area contributed by atoms with Gasteiger partial charge in [0.25, 0.3) is 0 Å². The third kappa shape index (κ3) is 5.90. The zero-order chi connectivity index (χ0) is 27.8. The summed E-state index contributed by atoms with van der Waals surface area (Å²) in [5, 5.41) is 0. The van der Waals surface area contributed by atoms with Crippen molar-refractivity contribution >= 4 is 36.0 Å². The number of aromatic nitrogens is 1. The van der Waals surface area contributed by atoms with Crippen LogP contribution in [0.1, 0.15) is 22.7 Å². The molecule has 1 atom stereocenters. The van der Waals surface area contributed by atoms with Crippen LogP contribution in [0.4, 0.5) is 0 Å². The van der Waals surface area contributed by atoms with Gasteiger partial charge in [-0.05, 0) is 67.9 Å². The first-order chi connectivity index (χ1) is 18.5. The Hall–Kier alpha value is -2.76. The van der Waals surface area contributed by atoms with Crippen LogP contribution in [0.3, 0.4) is 0 Å². The van der Waals surface area contributed by atoms with Crippen molar-refractivity contribution in [2.45, 2.75) is 36.1 Å². The summed E-state index contributed by atoms with van der Waals surface area (Å²) in [6.45, 7) is 4.73. The molecule has 0 spiro atoms. The van der Waals surface area contributed by atoms with Crippen LogP contribution >= 0.6 is 15.9 Å². The second-order valence-electron chi connectivity index (χ2n) is 9.84. The van der Waals surface area contributed by atoms with Gasteiger partial charge in [-0.1, -0.05) is 63.5 Å². The van der Waals surface area contributed by atoms with E-state index >= 15 is 0 Å². The maximum atomic E-state index is 13.7. The first-order valence-corrected chi connectivity index (χ1v) is 16.3. The van der Waals surface area contributed by atoms with E-state index in [2.05, 4.69) is 25.2 Å². The van der Waals surface area contributed by atoms with Gasteiger partial charge in [0, 0.05) is 48.0 Å². The second-order valence-corrected chi connectivity index (χ2v) is 14.5. The molecule has 0 radical (unpaired) electrons. The fraction of sp³-hybridized carbons (Fsp3) is 0.241. The van der Waals surface area contributed by atoms with Gasteiger partial charge in [0.05, 0.1) is 9.79 Å². The molecule has 1 N–H and O–H groups in total. The van der Waals surface area contributed by atoms with Crippen molar-refractivity contribution in [2.24, 2.45) is 0 Å². The summed E-state index contributed by atoms with van der Waals surface area (Å²) >= 11 is 3.48. The second kappa shape index (κ2) is 11.0. The third-order valence-electron chi connectivity index (χ3n) is 7.08. The molecule has 4 aromatic rings. The molecule has 2 heterocycles. The maximum Gasteiger partial charge on any atom is 0.243 e. The molecule has 0 amide bonds. The topological polar surface area (TPSA) is 88.5 Å². The van der Waals surface area contributed by atoms with E-state index in [1.165, 1.54) is 4.31 Å². The Labute approximate surface area is 238 Å². The van der Waals surface area contributed by atoms with E-state index in [0.717, 1.165) is 32.6 Å². The Morgan fingerprint density at radius 2 is 1.36 bits per heavy atom. The Morgan fingerprint density at radius 3 is 1.97 bits per heavy atom. The Balaban J connectivity index is 1.50. The van der Waals surface area contributed by atoms with Crippen molar-refractivity contribution in [3.63, 3.8) is 0 Å². The third-order valence-corrected chi connectivity index (χ3v) is 10.9. The lowest BCUT2D eigenvalue weighted by molar-refractivity contribution is 0.392. The highest BCUT2D eigenvalue weighted by molar-refractivity contribution is 9.10. The molecular weight excluding hydrogens is 598 g/mol. The molecule has 0 saturated carbocycles. The fourth-order valence-corrected chi connectivity index (χ4v) is 7.68. The van der Waals surface area contributed by atoms with Gasteiger partial charge >= 0.3 is 0 Å². The van der Waals surface area contributed by atoms with Gasteiger partial charge in [0.2, 0.25) is 20.0 Å². The van der Waals surface area contributed by atoms with Gasteiger partial charge in [-0.2, -0.15) is 4.31 Å². The van der Waals surface area contributed by atoms with Gasteiger partial charge < -0.3 is 4.57 Å². The number of hydrogen-bond donors (Lipinski definition) is 1. The van der Waals surface area contributed by atoms with E-state index in [-0.39, 0.29) is 29.4 Å².